The molecule has 1 aromatic rings. The Bertz CT molecular complexity index is 620. The summed E-state index contributed by atoms with van der Waals surface area (Å²) in [5, 5.41) is 4.31. The normalized spacial score (nSPS) is 24.3. The zero-order chi connectivity index (χ0) is 14.6. The van der Waals surface area contributed by atoms with Crippen LogP contribution in [0.1, 0.15) is 31.2 Å². The van der Waals surface area contributed by atoms with E-state index in [4.69, 9.17) is 11.6 Å². The van der Waals surface area contributed by atoms with Gasteiger partial charge in [-0.1, -0.05) is 30.3 Å². The number of piperidine rings is 1. The first-order chi connectivity index (χ1) is 10.1. The lowest BCUT2D eigenvalue weighted by atomic mass is 9.72. The van der Waals surface area contributed by atoms with Crippen molar-refractivity contribution in [3.63, 3.8) is 0 Å². The number of allylic oxidation sites excluding steroid dienone is 1. The zero-order valence-electron chi connectivity index (χ0n) is 12.3. The molecular weight excluding hydrogens is 280 g/mol. The zero-order valence-corrected chi connectivity index (χ0v) is 13.0. The van der Waals surface area contributed by atoms with Crippen LogP contribution in [0.2, 0.25) is 5.02 Å². The Labute approximate surface area is 131 Å². The van der Waals surface area contributed by atoms with Crippen molar-refractivity contribution in [1.29, 1.82) is 0 Å². The molecule has 2 heterocycles. The minimum Gasteiger partial charge on any atom is -0.341 e. The molecular formula is C18H21ClN2. The first kappa shape index (κ1) is 13.4. The Morgan fingerprint density at radius 3 is 2.57 bits per heavy atom. The highest BCUT2D eigenvalue weighted by molar-refractivity contribution is 6.30. The molecule has 2 nitrogen and oxygen atoms in total. The Morgan fingerprint density at radius 2 is 1.90 bits per heavy atom. The SMILES string of the molecule is C=C1CC(N2C(=C)C3(CCNCC3)c3cc(Cl)ccc32)C1. The van der Waals surface area contributed by atoms with Crippen LogP contribution in [0.3, 0.4) is 0 Å². The summed E-state index contributed by atoms with van der Waals surface area (Å²) in [6.45, 7) is 10.7. The maximum atomic E-state index is 6.29. The van der Waals surface area contributed by atoms with E-state index in [9.17, 15) is 0 Å². The van der Waals surface area contributed by atoms with E-state index in [2.05, 4.69) is 35.5 Å². The topological polar surface area (TPSA) is 15.3 Å². The third-order valence-electron chi connectivity index (χ3n) is 5.45. The van der Waals surface area contributed by atoms with Crippen molar-refractivity contribution in [2.45, 2.75) is 37.1 Å². The van der Waals surface area contributed by atoms with Gasteiger partial charge in [0.2, 0.25) is 0 Å². The van der Waals surface area contributed by atoms with Crippen molar-refractivity contribution in [3.05, 3.63) is 53.2 Å². The number of hydrogen-bond acceptors (Lipinski definition) is 2. The summed E-state index contributed by atoms with van der Waals surface area (Å²) in [7, 11) is 0. The Morgan fingerprint density at radius 1 is 1.19 bits per heavy atom. The minimum absolute atomic E-state index is 0.0857. The van der Waals surface area contributed by atoms with Gasteiger partial charge in [-0.05, 0) is 62.5 Å². The van der Waals surface area contributed by atoms with Crippen LogP contribution in [0.15, 0.2) is 42.6 Å². The van der Waals surface area contributed by atoms with Gasteiger partial charge < -0.3 is 10.2 Å². The monoisotopic (exact) mass is 300 g/mol. The minimum atomic E-state index is 0.0857. The largest absolute Gasteiger partial charge is 0.341 e. The highest BCUT2D eigenvalue weighted by atomic mass is 35.5. The first-order valence-electron chi connectivity index (χ1n) is 7.78. The lowest BCUT2D eigenvalue weighted by molar-refractivity contribution is 0.355. The molecule has 0 atom stereocenters. The summed E-state index contributed by atoms with van der Waals surface area (Å²) in [5.41, 5.74) is 5.43. The molecule has 0 amide bonds. The number of nitrogens with zero attached hydrogens (tertiary/aromatic N) is 1. The smallest absolute Gasteiger partial charge is 0.0454 e. The number of rotatable bonds is 1. The molecule has 1 spiro atoms. The van der Waals surface area contributed by atoms with Crippen molar-refractivity contribution in [2.75, 3.05) is 18.0 Å². The van der Waals surface area contributed by atoms with Crippen molar-refractivity contribution in [3.8, 4) is 0 Å². The molecule has 2 aliphatic heterocycles. The maximum Gasteiger partial charge on any atom is 0.0454 e. The molecule has 1 aromatic carbocycles. The van der Waals surface area contributed by atoms with Crippen LogP contribution in [0.4, 0.5) is 5.69 Å². The van der Waals surface area contributed by atoms with Crippen molar-refractivity contribution < 1.29 is 0 Å². The lowest BCUT2D eigenvalue weighted by Crippen LogP contribution is -2.45. The Hall–Kier alpha value is -1.25. The van der Waals surface area contributed by atoms with E-state index in [0.717, 1.165) is 43.8 Å². The van der Waals surface area contributed by atoms with Crippen LogP contribution in [0.25, 0.3) is 0 Å². The summed E-state index contributed by atoms with van der Waals surface area (Å²) in [6, 6.07) is 6.90. The number of halogens is 1. The summed E-state index contributed by atoms with van der Waals surface area (Å²) in [6.07, 6.45) is 4.41. The predicted octanol–water partition coefficient (Wildman–Crippen LogP) is 4.01. The predicted molar refractivity (Wildman–Crippen MR) is 89.0 cm³/mol. The average molecular weight is 301 g/mol. The number of hydrogen-bond donors (Lipinski definition) is 1. The fourth-order valence-corrected chi connectivity index (χ4v) is 4.42. The van der Waals surface area contributed by atoms with Crippen LogP contribution in [-0.2, 0) is 5.41 Å². The van der Waals surface area contributed by atoms with Gasteiger partial charge in [-0.25, -0.2) is 0 Å². The molecule has 2 fully saturated rings. The van der Waals surface area contributed by atoms with E-state index in [1.807, 2.05) is 6.07 Å². The molecule has 0 aromatic heterocycles. The molecule has 0 radical (unpaired) electrons. The molecule has 21 heavy (non-hydrogen) atoms. The van der Waals surface area contributed by atoms with E-state index in [1.54, 1.807) is 0 Å². The second-order valence-electron chi connectivity index (χ2n) is 6.62. The van der Waals surface area contributed by atoms with Gasteiger partial charge >= 0.3 is 0 Å². The third-order valence-corrected chi connectivity index (χ3v) is 5.68. The number of benzene rings is 1. The van der Waals surface area contributed by atoms with Crippen molar-refractivity contribution >= 4 is 17.3 Å². The highest BCUT2D eigenvalue weighted by Gasteiger charge is 2.49. The average Bonchev–Trinajstić information content (AvgIpc) is 2.67. The third kappa shape index (κ3) is 1.82. The fraction of sp³-hybridized carbons (Fsp3) is 0.444. The van der Waals surface area contributed by atoms with E-state index in [0.29, 0.717) is 6.04 Å². The first-order valence-corrected chi connectivity index (χ1v) is 8.16. The fourth-order valence-electron chi connectivity index (χ4n) is 4.25. The number of fused-ring (bicyclic) bond motifs is 2. The lowest BCUT2D eigenvalue weighted by Gasteiger charge is -2.42. The van der Waals surface area contributed by atoms with Crippen LogP contribution in [0, 0.1) is 0 Å². The van der Waals surface area contributed by atoms with Gasteiger partial charge in [0, 0.05) is 27.9 Å². The maximum absolute atomic E-state index is 6.29. The molecule has 1 saturated heterocycles. The molecule has 110 valence electrons. The molecule has 3 heteroatoms. The second-order valence-corrected chi connectivity index (χ2v) is 7.06. The van der Waals surface area contributed by atoms with Crippen LogP contribution in [-0.4, -0.2) is 19.1 Å². The van der Waals surface area contributed by atoms with Gasteiger partial charge in [0.1, 0.15) is 0 Å². The van der Waals surface area contributed by atoms with Crippen molar-refractivity contribution in [1.82, 2.24) is 5.32 Å². The molecule has 4 rings (SSSR count). The number of anilines is 1. The summed E-state index contributed by atoms with van der Waals surface area (Å²) >= 11 is 6.29. The van der Waals surface area contributed by atoms with Crippen LogP contribution < -0.4 is 10.2 Å². The molecule has 0 unspecified atom stereocenters. The molecule has 0 bridgehead atoms. The Kier molecular flexibility index (Phi) is 2.95. The van der Waals surface area contributed by atoms with E-state index in [1.165, 1.54) is 22.5 Å². The molecule has 3 aliphatic rings. The number of nitrogens with one attached hydrogen (secondary N) is 1. The van der Waals surface area contributed by atoms with Crippen LogP contribution in [0.5, 0.6) is 0 Å². The van der Waals surface area contributed by atoms with Gasteiger partial charge in [-0.2, -0.15) is 0 Å². The van der Waals surface area contributed by atoms with E-state index in [-0.39, 0.29) is 5.41 Å². The standard InChI is InChI=1S/C18H21ClN2/c1-12-9-15(10-12)21-13(2)18(5-7-20-8-6-18)16-11-14(19)3-4-17(16)21/h3-4,11,15,20H,1-2,5-10H2. The summed E-state index contributed by atoms with van der Waals surface area (Å²) < 4.78 is 0. The van der Waals surface area contributed by atoms with Gasteiger partial charge in [-0.15, -0.1) is 0 Å². The second kappa shape index (κ2) is 4.62. The van der Waals surface area contributed by atoms with E-state index >= 15 is 0 Å². The molecule has 1 aliphatic carbocycles. The van der Waals surface area contributed by atoms with Crippen molar-refractivity contribution in [2.24, 2.45) is 0 Å². The van der Waals surface area contributed by atoms with E-state index < -0.39 is 0 Å². The van der Waals surface area contributed by atoms with Crippen LogP contribution >= 0.6 is 11.6 Å². The van der Waals surface area contributed by atoms with Gasteiger partial charge in [-0.3, -0.25) is 0 Å². The summed E-state index contributed by atoms with van der Waals surface area (Å²) in [4.78, 5) is 2.48. The highest BCUT2D eigenvalue weighted by Crippen LogP contribution is 2.55. The molecule has 1 N–H and O–H groups in total. The van der Waals surface area contributed by atoms with Gasteiger partial charge in [0.15, 0.2) is 0 Å². The quantitative estimate of drug-likeness (QED) is 0.788. The Balaban J connectivity index is 1.82. The summed E-state index contributed by atoms with van der Waals surface area (Å²) in [5.74, 6) is 0. The molecule has 1 saturated carbocycles. The van der Waals surface area contributed by atoms with Gasteiger partial charge in [0.25, 0.3) is 0 Å². The van der Waals surface area contributed by atoms with Gasteiger partial charge in [0.05, 0.1) is 0 Å².